The molecule has 0 atom stereocenters. The highest BCUT2D eigenvalue weighted by Gasteiger charge is 2.19. The van der Waals surface area contributed by atoms with Crippen molar-refractivity contribution in [2.45, 2.75) is 34.6 Å². The molecule has 2 rings (SSSR count). The van der Waals surface area contributed by atoms with Gasteiger partial charge in [-0.3, -0.25) is 19.4 Å². The summed E-state index contributed by atoms with van der Waals surface area (Å²) in [5.74, 6) is 4.64. The number of piperazine rings is 1. The highest BCUT2D eigenvalue weighted by atomic mass is 16.4. The van der Waals surface area contributed by atoms with E-state index in [0.717, 1.165) is 13.1 Å². The van der Waals surface area contributed by atoms with Crippen molar-refractivity contribution in [3.63, 3.8) is 0 Å². The van der Waals surface area contributed by atoms with Crippen LogP contribution in [-0.2, 0) is 9.59 Å². The number of nitrogens with one attached hydrogen (secondary N) is 1. The molecule has 1 saturated heterocycles. The van der Waals surface area contributed by atoms with Crippen molar-refractivity contribution in [3.05, 3.63) is 42.2 Å². The van der Waals surface area contributed by atoms with Gasteiger partial charge in [-0.1, -0.05) is 28.2 Å². The predicted octanol–water partition coefficient (Wildman–Crippen LogP) is 1.44. The molecule has 2 amide bonds. The Kier molecular flexibility index (Phi) is 17.1. The van der Waals surface area contributed by atoms with E-state index in [1.807, 2.05) is 20.9 Å². The lowest BCUT2D eigenvalue weighted by Crippen LogP contribution is -2.50. The Labute approximate surface area is 191 Å². The molecule has 32 heavy (non-hydrogen) atoms. The minimum Gasteiger partial charge on any atom is -0.481 e. The van der Waals surface area contributed by atoms with E-state index in [1.54, 1.807) is 36.1 Å². The lowest BCUT2D eigenvalue weighted by molar-refractivity contribution is -0.136. The van der Waals surface area contributed by atoms with Gasteiger partial charge in [-0.25, -0.2) is 5.84 Å². The summed E-state index contributed by atoms with van der Waals surface area (Å²) in [4.78, 5) is 37.5. The van der Waals surface area contributed by atoms with E-state index in [1.165, 1.54) is 17.4 Å². The molecule has 6 N–H and O–H groups in total. The number of rotatable bonds is 6. The zero-order chi connectivity index (χ0) is 23.8. The van der Waals surface area contributed by atoms with Gasteiger partial charge in [0.15, 0.2) is 0 Å². The van der Waals surface area contributed by atoms with Crippen molar-refractivity contribution in [2.75, 3.05) is 44.8 Å². The summed E-state index contributed by atoms with van der Waals surface area (Å²) in [6.45, 7) is 8.70. The van der Waals surface area contributed by atoms with Crippen LogP contribution in [-0.4, -0.2) is 72.5 Å². The summed E-state index contributed by atoms with van der Waals surface area (Å²) in [5, 5.41) is 11.7. The van der Waals surface area contributed by atoms with Crippen LogP contribution in [0.1, 0.15) is 45.0 Å². The number of hydrogen-bond acceptors (Lipinski definition) is 7. The number of carbonyl (C=O) groups is 3. The second-order valence-electron chi connectivity index (χ2n) is 6.41. The summed E-state index contributed by atoms with van der Waals surface area (Å²) < 4.78 is 0. The van der Waals surface area contributed by atoms with Gasteiger partial charge in [-0.05, 0) is 31.3 Å². The molecule has 182 valence electrons. The summed E-state index contributed by atoms with van der Waals surface area (Å²) in [6, 6.07) is 6.71. The summed E-state index contributed by atoms with van der Waals surface area (Å²) in [6.07, 6.45) is 3.05. The first-order valence-electron chi connectivity index (χ1n) is 10.3. The lowest BCUT2D eigenvalue weighted by Gasteiger charge is -2.32. The molecule has 1 heterocycles. The van der Waals surface area contributed by atoms with Gasteiger partial charge in [0.2, 0.25) is 5.91 Å². The van der Waals surface area contributed by atoms with E-state index in [9.17, 15) is 14.4 Å². The molecule has 1 aromatic rings. The van der Waals surface area contributed by atoms with Gasteiger partial charge < -0.3 is 26.0 Å². The van der Waals surface area contributed by atoms with Gasteiger partial charge in [-0.2, -0.15) is 0 Å². The zero-order valence-corrected chi connectivity index (χ0v) is 18.9. The van der Waals surface area contributed by atoms with Gasteiger partial charge >= 0.3 is 5.97 Å². The lowest BCUT2D eigenvalue weighted by atomic mass is 10.2. The Morgan fingerprint density at radius 3 is 2.06 bits per heavy atom. The van der Waals surface area contributed by atoms with Crippen molar-refractivity contribution >= 4 is 23.5 Å². The maximum atomic E-state index is 12.1. The largest absolute Gasteiger partial charge is 0.481 e. The number of amides is 2. The Morgan fingerprint density at radius 1 is 1.12 bits per heavy atom. The quantitative estimate of drug-likeness (QED) is 0.375. The summed E-state index contributed by atoms with van der Waals surface area (Å²) in [5.41, 5.74) is 6.44. The summed E-state index contributed by atoms with van der Waals surface area (Å²) >= 11 is 0. The normalized spacial score (nSPS) is 13.0. The number of benzene rings is 1. The van der Waals surface area contributed by atoms with Crippen LogP contribution in [0.2, 0.25) is 0 Å². The zero-order valence-electron chi connectivity index (χ0n) is 18.9. The number of anilines is 1. The van der Waals surface area contributed by atoms with E-state index in [4.69, 9.17) is 16.7 Å². The molecule has 10 heteroatoms. The van der Waals surface area contributed by atoms with Crippen LogP contribution in [0.4, 0.5) is 5.69 Å². The maximum Gasteiger partial charge on any atom is 0.303 e. The molecule has 0 spiro atoms. The highest BCUT2D eigenvalue weighted by Crippen LogP contribution is 2.12. The van der Waals surface area contributed by atoms with Crippen LogP contribution in [0.25, 0.3) is 0 Å². The standard InChI is InChI=1S/C16H24N6O2.C3H6O2.C2H6.CH4/c1-20-8-10-21(11-9-20)15(23)12-19-16(24)13-2-4-14(5-3-13)22(18)7-6-17;1-2-3(4)5;1-2;/h2-7H,8-12,17-18H2,1H3,(H,19,24);2H2,1H3,(H,4,5);1-2H3;1H4/b7-6-;;;. The average Bonchev–Trinajstić information content (AvgIpc) is 2.79. The van der Waals surface area contributed by atoms with Crippen molar-refractivity contribution in [1.82, 2.24) is 15.1 Å². The van der Waals surface area contributed by atoms with E-state index >= 15 is 0 Å². The van der Waals surface area contributed by atoms with Crippen LogP contribution >= 0.6 is 0 Å². The monoisotopic (exact) mass is 452 g/mol. The van der Waals surface area contributed by atoms with Crippen LogP contribution < -0.4 is 21.9 Å². The molecule has 0 saturated carbocycles. The molecule has 0 bridgehead atoms. The number of aliphatic carboxylic acids is 1. The fourth-order valence-corrected chi connectivity index (χ4v) is 2.39. The number of likely N-dealkylation sites (N-methyl/N-ethyl adjacent to an activating group) is 1. The summed E-state index contributed by atoms with van der Waals surface area (Å²) in [7, 11) is 2.03. The molecule has 0 aromatic heterocycles. The first kappa shape index (κ1) is 31.1. The molecule has 0 aliphatic carbocycles. The number of hydrazine groups is 1. The number of carboxylic acid groups (broad SMARTS) is 1. The van der Waals surface area contributed by atoms with Gasteiger partial charge in [0.25, 0.3) is 5.91 Å². The van der Waals surface area contributed by atoms with Crippen LogP contribution in [0.3, 0.4) is 0 Å². The van der Waals surface area contributed by atoms with Crippen LogP contribution in [0.5, 0.6) is 0 Å². The van der Waals surface area contributed by atoms with E-state index in [2.05, 4.69) is 10.2 Å². The van der Waals surface area contributed by atoms with Crippen molar-refractivity contribution in [3.8, 4) is 0 Å². The number of nitrogens with zero attached hydrogens (tertiary/aromatic N) is 3. The van der Waals surface area contributed by atoms with Crippen molar-refractivity contribution in [1.29, 1.82) is 0 Å². The van der Waals surface area contributed by atoms with E-state index in [-0.39, 0.29) is 32.2 Å². The van der Waals surface area contributed by atoms with E-state index < -0.39 is 5.97 Å². The molecule has 1 aliphatic heterocycles. The minimum atomic E-state index is -0.745. The third-order valence-electron chi connectivity index (χ3n) is 4.23. The first-order chi connectivity index (χ1) is 14.8. The molecule has 1 aromatic carbocycles. The molecule has 0 unspecified atom stereocenters. The second-order valence-corrected chi connectivity index (χ2v) is 6.41. The van der Waals surface area contributed by atoms with Crippen LogP contribution in [0, 0.1) is 0 Å². The second kappa shape index (κ2) is 17.6. The fraction of sp³-hybridized carbons (Fsp3) is 0.500. The van der Waals surface area contributed by atoms with E-state index in [0.29, 0.717) is 24.3 Å². The first-order valence-corrected chi connectivity index (χ1v) is 10.3. The smallest absolute Gasteiger partial charge is 0.303 e. The Balaban J connectivity index is 0. The topological polar surface area (TPSA) is 145 Å². The molecule has 10 nitrogen and oxygen atoms in total. The highest BCUT2D eigenvalue weighted by molar-refractivity contribution is 5.96. The molecule has 0 radical (unpaired) electrons. The Bertz CT molecular complexity index is 701. The number of carbonyl (C=O) groups excluding carboxylic acids is 2. The third-order valence-corrected chi connectivity index (χ3v) is 4.23. The van der Waals surface area contributed by atoms with Crippen molar-refractivity contribution < 1.29 is 19.5 Å². The third kappa shape index (κ3) is 11.9. The van der Waals surface area contributed by atoms with Gasteiger partial charge in [0, 0.05) is 50.6 Å². The number of nitrogens with two attached hydrogens (primary N) is 2. The fourth-order valence-electron chi connectivity index (χ4n) is 2.39. The Morgan fingerprint density at radius 2 is 1.62 bits per heavy atom. The molecular weight excluding hydrogens is 412 g/mol. The number of carboxylic acids is 1. The minimum absolute atomic E-state index is 0. The average molecular weight is 453 g/mol. The molecular formula is C22H40N6O4. The maximum absolute atomic E-state index is 12.1. The molecule has 1 fully saturated rings. The van der Waals surface area contributed by atoms with Gasteiger partial charge in [0.1, 0.15) is 0 Å². The van der Waals surface area contributed by atoms with Crippen molar-refractivity contribution in [2.24, 2.45) is 11.6 Å². The van der Waals surface area contributed by atoms with Gasteiger partial charge in [0.05, 0.1) is 12.2 Å². The Hall–Kier alpha value is -3.11. The SMILES string of the molecule is C.CC.CCC(=O)O.CN1CCN(C(=O)CNC(=O)c2ccc(N(N)/C=C\N)cc2)CC1. The number of hydrogen-bond donors (Lipinski definition) is 4. The predicted molar refractivity (Wildman–Crippen MR) is 129 cm³/mol. The molecule has 1 aliphatic rings. The van der Waals surface area contributed by atoms with Crippen LogP contribution in [0.15, 0.2) is 36.7 Å². The van der Waals surface area contributed by atoms with Gasteiger partial charge in [-0.15, -0.1) is 0 Å².